The minimum absolute atomic E-state index is 0.0403. The number of hydrogen-bond acceptors (Lipinski definition) is 2. The number of aryl methyl sites for hydroxylation is 2. The molecule has 0 aromatic heterocycles. The van der Waals surface area contributed by atoms with E-state index in [0.29, 0.717) is 0 Å². The van der Waals surface area contributed by atoms with Gasteiger partial charge >= 0.3 is 0 Å². The highest BCUT2D eigenvalue weighted by molar-refractivity contribution is 5.97. The molecule has 0 amide bonds. The lowest BCUT2D eigenvalue weighted by atomic mass is 10.0. The lowest BCUT2D eigenvalue weighted by molar-refractivity contribution is 0.0921. The van der Waals surface area contributed by atoms with Gasteiger partial charge in [0.2, 0.25) is 0 Å². The Bertz CT molecular complexity index is 587. The van der Waals surface area contributed by atoms with Gasteiger partial charge in [-0.2, -0.15) is 0 Å². The fraction of sp³-hybridized carbons (Fsp3) is 0.235. The second kappa shape index (κ2) is 5.27. The first-order valence-electron chi connectivity index (χ1n) is 6.66. The number of Topliss-reactive ketones (excluding diaryl/α,β-unsaturated/α-hetero) is 1. The third-order valence-corrected chi connectivity index (χ3v) is 3.53. The maximum atomic E-state index is 12.1. The van der Waals surface area contributed by atoms with E-state index >= 15 is 0 Å². The van der Waals surface area contributed by atoms with Gasteiger partial charge in [0.15, 0.2) is 12.4 Å². The van der Waals surface area contributed by atoms with Crippen molar-refractivity contribution in [3.8, 4) is 5.75 Å². The Kier molecular flexibility index (Phi) is 3.32. The van der Waals surface area contributed by atoms with Gasteiger partial charge in [0.25, 0.3) is 0 Å². The summed E-state index contributed by atoms with van der Waals surface area (Å²) in [5, 5.41) is 0. The van der Waals surface area contributed by atoms with Crippen molar-refractivity contribution in [2.45, 2.75) is 19.3 Å². The first-order chi connectivity index (χ1) is 9.33. The van der Waals surface area contributed by atoms with E-state index in [1.165, 1.54) is 17.5 Å². The molecule has 0 aliphatic heterocycles. The van der Waals surface area contributed by atoms with Crippen LogP contribution in [0.4, 0.5) is 0 Å². The number of hydrogen-bond donors (Lipinski definition) is 0. The number of ketones is 1. The van der Waals surface area contributed by atoms with E-state index in [0.717, 1.165) is 24.2 Å². The van der Waals surface area contributed by atoms with Crippen LogP contribution in [0.1, 0.15) is 27.9 Å². The van der Waals surface area contributed by atoms with E-state index < -0.39 is 0 Å². The zero-order valence-corrected chi connectivity index (χ0v) is 10.8. The smallest absolute Gasteiger partial charge is 0.200 e. The summed E-state index contributed by atoms with van der Waals surface area (Å²) in [4.78, 5) is 12.1. The minimum atomic E-state index is 0.0403. The maximum Gasteiger partial charge on any atom is 0.200 e. The monoisotopic (exact) mass is 252 g/mol. The van der Waals surface area contributed by atoms with E-state index in [9.17, 15) is 4.79 Å². The van der Waals surface area contributed by atoms with E-state index in [1.807, 2.05) is 42.5 Å². The molecule has 0 saturated carbocycles. The highest BCUT2D eigenvalue weighted by atomic mass is 16.5. The summed E-state index contributed by atoms with van der Waals surface area (Å²) in [7, 11) is 0. The number of rotatable bonds is 4. The molecule has 2 aromatic rings. The van der Waals surface area contributed by atoms with Crippen LogP contribution in [0.3, 0.4) is 0 Å². The molecule has 96 valence electrons. The summed E-state index contributed by atoms with van der Waals surface area (Å²) in [6, 6.07) is 15.5. The Morgan fingerprint density at radius 1 is 1.00 bits per heavy atom. The van der Waals surface area contributed by atoms with Gasteiger partial charge in [-0.15, -0.1) is 0 Å². The quantitative estimate of drug-likeness (QED) is 0.779. The van der Waals surface area contributed by atoms with Crippen LogP contribution >= 0.6 is 0 Å². The van der Waals surface area contributed by atoms with Gasteiger partial charge in [0.1, 0.15) is 5.75 Å². The second-order valence-electron chi connectivity index (χ2n) is 4.86. The minimum Gasteiger partial charge on any atom is -0.485 e. The summed E-state index contributed by atoms with van der Waals surface area (Å²) in [6.45, 7) is 0.1000. The molecule has 3 rings (SSSR count). The van der Waals surface area contributed by atoms with Gasteiger partial charge in [-0.3, -0.25) is 4.79 Å². The van der Waals surface area contributed by atoms with E-state index in [2.05, 4.69) is 6.07 Å². The molecule has 0 atom stereocenters. The van der Waals surface area contributed by atoms with E-state index in [4.69, 9.17) is 4.74 Å². The van der Waals surface area contributed by atoms with Crippen LogP contribution in [-0.2, 0) is 12.8 Å². The van der Waals surface area contributed by atoms with Crippen LogP contribution in [-0.4, -0.2) is 12.4 Å². The fourth-order valence-electron chi connectivity index (χ4n) is 2.49. The SMILES string of the molecule is O=C(COc1ccccc1)c1ccc2c(c1)CCC2. The second-order valence-corrected chi connectivity index (χ2v) is 4.86. The number of carbonyl (C=O) groups excluding carboxylic acids is 1. The number of para-hydroxylation sites is 1. The van der Waals surface area contributed by atoms with Crippen molar-refractivity contribution in [3.05, 3.63) is 65.2 Å². The van der Waals surface area contributed by atoms with Crippen molar-refractivity contribution < 1.29 is 9.53 Å². The van der Waals surface area contributed by atoms with Crippen LogP contribution in [0.25, 0.3) is 0 Å². The number of fused-ring (bicyclic) bond motifs is 1. The fourth-order valence-corrected chi connectivity index (χ4v) is 2.49. The van der Waals surface area contributed by atoms with Crippen molar-refractivity contribution in [1.82, 2.24) is 0 Å². The lowest BCUT2D eigenvalue weighted by Crippen LogP contribution is -2.11. The summed E-state index contributed by atoms with van der Waals surface area (Å²) in [5.74, 6) is 0.774. The Morgan fingerprint density at radius 2 is 1.79 bits per heavy atom. The van der Waals surface area contributed by atoms with Gasteiger partial charge in [0.05, 0.1) is 0 Å². The molecule has 1 aliphatic carbocycles. The molecular weight excluding hydrogens is 236 g/mol. The zero-order chi connectivity index (χ0) is 13.1. The van der Waals surface area contributed by atoms with Crippen molar-refractivity contribution in [3.63, 3.8) is 0 Å². The number of carbonyl (C=O) groups is 1. The summed E-state index contributed by atoms with van der Waals surface area (Å²) in [5.41, 5.74) is 3.47. The summed E-state index contributed by atoms with van der Waals surface area (Å²) < 4.78 is 5.49. The normalized spacial score (nSPS) is 13.1. The molecule has 0 radical (unpaired) electrons. The molecule has 2 aromatic carbocycles. The van der Waals surface area contributed by atoms with E-state index in [1.54, 1.807) is 0 Å². The standard InChI is InChI=1S/C17H16O2/c18-17(12-19-16-7-2-1-3-8-16)15-10-9-13-5-4-6-14(13)11-15/h1-3,7-11H,4-6,12H2. The molecule has 19 heavy (non-hydrogen) atoms. The van der Waals surface area contributed by atoms with E-state index in [-0.39, 0.29) is 12.4 Å². The molecule has 0 N–H and O–H groups in total. The lowest BCUT2D eigenvalue weighted by Gasteiger charge is -2.06. The average Bonchev–Trinajstić information content (AvgIpc) is 2.93. The maximum absolute atomic E-state index is 12.1. The molecule has 0 heterocycles. The molecule has 0 spiro atoms. The Balaban J connectivity index is 1.67. The highest BCUT2D eigenvalue weighted by Gasteiger charge is 2.14. The molecule has 0 unspecified atom stereocenters. The van der Waals surface area contributed by atoms with Crippen molar-refractivity contribution in [2.24, 2.45) is 0 Å². The molecule has 0 bridgehead atoms. The first kappa shape index (κ1) is 12.0. The van der Waals surface area contributed by atoms with Crippen LogP contribution in [0.5, 0.6) is 5.75 Å². The van der Waals surface area contributed by atoms with Gasteiger partial charge < -0.3 is 4.74 Å². The van der Waals surface area contributed by atoms with Crippen LogP contribution in [0.15, 0.2) is 48.5 Å². The zero-order valence-electron chi connectivity index (χ0n) is 10.8. The molecule has 1 aliphatic rings. The number of ether oxygens (including phenoxy) is 1. The third kappa shape index (κ3) is 2.68. The predicted molar refractivity (Wildman–Crippen MR) is 74.7 cm³/mol. The van der Waals surface area contributed by atoms with Crippen molar-refractivity contribution >= 4 is 5.78 Å². The number of benzene rings is 2. The van der Waals surface area contributed by atoms with Crippen LogP contribution < -0.4 is 4.74 Å². The predicted octanol–water partition coefficient (Wildman–Crippen LogP) is 3.44. The Morgan fingerprint density at radius 3 is 2.63 bits per heavy atom. The van der Waals surface area contributed by atoms with Gasteiger partial charge in [-0.05, 0) is 48.6 Å². The average molecular weight is 252 g/mol. The Hall–Kier alpha value is -2.09. The van der Waals surface area contributed by atoms with Crippen molar-refractivity contribution in [1.29, 1.82) is 0 Å². The van der Waals surface area contributed by atoms with Gasteiger partial charge in [-0.25, -0.2) is 0 Å². The highest BCUT2D eigenvalue weighted by Crippen LogP contribution is 2.23. The summed E-state index contributed by atoms with van der Waals surface area (Å²) in [6.07, 6.45) is 3.44. The van der Waals surface area contributed by atoms with Gasteiger partial charge in [0, 0.05) is 5.56 Å². The molecule has 2 heteroatoms. The van der Waals surface area contributed by atoms with Crippen molar-refractivity contribution in [2.75, 3.05) is 6.61 Å². The topological polar surface area (TPSA) is 26.3 Å². The molecule has 0 saturated heterocycles. The third-order valence-electron chi connectivity index (χ3n) is 3.53. The molecule has 2 nitrogen and oxygen atoms in total. The summed E-state index contributed by atoms with van der Waals surface area (Å²) >= 11 is 0. The molecule has 0 fully saturated rings. The molecular formula is C17H16O2. The van der Waals surface area contributed by atoms with Crippen LogP contribution in [0, 0.1) is 0 Å². The largest absolute Gasteiger partial charge is 0.485 e. The van der Waals surface area contributed by atoms with Gasteiger partial charge in [-0.1, -0.05) is 30.3 Å². The first-order valence-corrected chi connectivity index (χ1v) is 6.66. The van der Waals surface area contributed by atoms with Crippen LogP contribution in [0.2, 0.25) is 0 Å². The Labute approximate surface area is 113 Å².